The normalized spacial score (nSPS) is 12.3. The van der Waals surface area contributed by atoms with Crippen LogP contribution in [-0.4, -0.2) is 19.4 Å². The zero-order valence-corrected chi connectivity index (χ0v) is 13.7. The first-order valence-corrected chi connectivity index (χ1v) is 8.38. The number of nitrogens with one attached hydrogen (secondary N) is 1. The predicted octanol–water partition coefficient (Wildman–Crippen LogP) is 4.18. The Morgan fingerprint density at radius 3 is 2.86 bits per heavy atom. The topological polar surface area (TPSA) is 34.4 Å². The van der Waals surface area contributed by atoms with Crippen LogP contribution in [0.1, 0.15) is 29.9 Å². The lowest BCUT2D eigenvalue weighted by molar-refractivity contribution is 0.403. The molecule has 2 rings (SSSR count). The molecule has 2 aromatic rings. The molecule has 0 saturated heterocycles. The average Bonchev–Trinajstić information content (AvgIpc) is 2.99. The van der Waals surface area contributed by atoms with E-state index < -0.39 is 0 Å². The lowest BCUT2D eigenvalue weighted by Crippen LogP contribution is -2.23. The van der Waals surface area contributed by atoms with Crippen LogP contribution < -0.4 is 10.1 Å². The molecule has 0 bridgehead atoms. The Morgan fingerprint density at radius 1 is 1.33 bits per heavy atom. The quantitative estimate of drug-likeness (QED) is 0.793. The molecular formula is C17H23NO2S. The fourth-order valence-corrected chi connectivity index (χ4v) is 3.32. The lowest BCUT2D eigenvalue weighted by atomic mass is 10.0. The molecule has 0 radical (unpaired) electrons. The predicted molar refractivity (Wildman–Crippen MR) is 89.0 cm³/mol. The minimum absolute atomic E-state index is 0.282. The molecule has 4 heteroatoms. The van der Waals surface area contributed by atoms with Crippen LogP contribution in [0.3, 0.4) is 0 Å². The summed E-state index contributed by atoms with van der Waals surface area (Å²) in [5, 5.41) is 3.55. The van der Waals surface area contributed by atoms with Crippen molar-refractivity contribution in [3.63, 3.8) is 0 Å². The molecule has 1 atom stereocenters. The molecule has 3 nitrogen and oxygen atoms in total. The maximum Gasteiger partial charge on any atom is 0.123 e. The molecule has 114 valence electrons. The molecular weight excluding hydrogens is 282 g/mol. The van der Waals surface area contributed by atoms with Crippen molar-refractivity contribution >= 4 is 11.8 Å². The van der Waals surface area contributed by atoms with Crippen LogP contribution in [0, 0.1) is 6.92 Å². The highest BCUT2D eigenvalue weighted by Gasteiger charge is 2.15. The Kier molecular flexibility index (Phi) is 6.21. The van der Waals surface area contributed by atoms with Gasteiger partial charge in [0.05, 0.1) is 19.1 Å². The molecule has 1 heterocycles. The molecule has 0 aliphatic heterocycles. The number of rotatable bonds is 8. The molecule has 1 aromatic carbocycles. The summed E-state index contributed by atoms with van der Waals surface area (Å²) in [4.78, 5) is 0. The van der Waals surface area contributed by atoms with Crippen molar-refractivity contribution in [2.24, 2.45) is 0 Å². The standard InChI is InChI=1S/C17H23NO2S/c1-4-18-16(12-21-11-14-6-5-9-20-14)15-10-13(2)7-8-17(15)19-3/h5-10,16,18H,4,11-12H2,1-3H3. The third-order valence-electron chi connectivity index (χ3n) is 3.32. The first-order valence-electron chi connectivity index (χ1n) is 7.22. The van der Waals surface area contributed by atoms with Crippen LogP contribution in [0.2, 0.25) is 0 Å². The van der Waals surface area contributed by atoms with Crippen molar-refractivity contribution in [2.45, 2.75) is 25.6 Å². The number of hydrogen-bond donors (Lipinski definition) is 1. The highest BCUT2D eigenvalue weighted by Crippen LogP contribution is 2.29. The summed E-state index contributed by atoms with van der Waals surface area (Å²) in [6.07, 6.45) is 1.72. The molecule has 0 saturated carbocycles. The van der Waals surface area contributed by atoms with Gasteiger partial charge in [-0.1, -0.05) is 24.6 Å². The average molecular weight is 305 g/mol. The minimum Gasteiger partial charge on any atom is -0.496 e. The van der Waals surface area contributed by atoms with Gasteiger partial charge in [-0.3, -0.25) is 0 Å². The Balaban J connectivity index is 2.05. The van der Waals surface area contributed by atoms with E-state index in [1.807, 2.05) is 30.0 Å². The molecule has 21 heavy (non-hydrogen) atoms. The minimum atomic E-state index is 0.282. The van der Waals surface area contributed by atoms with Crippen molar-refractivity contribution in [3.05, 3.63) is 53.5 Å². The third kappa shape index (κ3) is 4.55. The van der Waals surface area contributed by atoms with Crippen LogP contribution in [0.5, 0.6) is 5.75 Å². The number of methoxy groups -OCH3 is 1. The van der Waals surface area contributed by atoms with Gasteiger partial charge in [-0.2, -0.15) is 11.8 Å². The highest BCUT2D eigenvalue weighted by atomic mass is 32.2. The van der Waals surface area contributed by atoms with Gasteiger partial charge in [0.25, 0.3) is 0 Å². The highest BCUT2D eigenvalue weighted by molar-refractivity contribution is 7.98. The molecule has 1 aromatic heterocycles. The van der Waals surface area contributed by atoms with Gasteiger partial charge in [0.2, 0.25) is 0 Å². The van der Waals surface area contributed by atoms with E-state index >= 15 is 0 Å². The number of hydrogen-bond acceptors (Lipinski definition) is 4. The van der Waals surface area contributed by atoms with E-state index in [0.717, 1.165) is 29.6 Å². The summed E-state index contributed by atoms with van der Waals surface area (Å²) >= 11 is 1.87. The summed E-state index contributed by atoms with van der Waals surface area (Å²) in [6.45, 7) is 5.18. The number of thioether (sulfide) groups is 1. The van der Waals surface area contributed by atoms with E-state index in [2.05, 4.69) is 31.3 Å². The van der Waals surface area contributed by atoms with Crippen LogP contribution >= 0.6 is 11.8 Å². The number of benzene rings is 1. The fraction of sp³-hybridized carbons (Fsp3) is 0.412. The smallest absolute Gasteiger partial charge is 0.123 e. The van der Waals surface area contributed by atoms with Crippen LogP contribution in [0.4, 0.5) is 0 Å². The fourth-order valence-electron chi connectivity index (χ4n) is 2.30. The summed E-state index contributed by atoms with van der Waals surface area (Å²) in [5.74, 6) is 3.84. The van der Waals surface area contributed by atoms with Crippen LogP contribution in [0.15, 0.2) is 41.0 Å². The van der Waals surface area contributed by atoms with Gasteiger partial charge in [-0.25, -0.2) is 0 Å². The molecule has 1 N–H and O–H groups in total. The lowest BCUT2D eigenvalue weighted by Gasteiger charge is -2.21. The van der Waals surface area contributed by atoms with Gasteiger partial charge in [-0.15, -0.1) is 0 Å². The van der Waals surface area contributed by atoms with Crippen LogP contribution in [0.25, 0.3) is 0 Å². The van der Waals surface area contributed by atoms with Crippen molar-refractivity contribution in [1.82, 2.24) is 5.32 Å². The van der Waals surface area contributed by atoms with Gasteiger partial charge in [-0.05, 0) is 31.7 Å². The second kappa shape index (κ2) is 8.15. The molecule has 0 fully saturated rings. The van der Waals surface area contributed by atoms with Gasteiger partial charge >= 0.3 is 0 Å². The molecule has 0 aliphatic carbocycles. The van der Waals surface area contributed by atoms with Gasteiger partial charge < -0.3 is 14.5 Å². The summed E-state index contributed by atoms with van der Waals surface area (Å²) in [7, 11) is 1.73. The Hall–Kier alpha value is -1.39. The second-order valence-electron chi connectivity index (χ2n) is 4.95. The van der Waals surface area contributed by atoms with Gasteiger partial charge in [0.1, 0.15) is 11.5 Å². The Morgan fingerprint density at radius 2 is 2.19 bits per heavy atom. The first-order chi connectivity index (χ1) is 10.2. The summed E-state index contributed by atoms with van der Waals surface area (Å²) in [6, 6.07) is 10.6. The van der Waals surface area contributed by atoms with Crippen molar-refractivity contribution in [3.8, 4) is 5.75 Å². The second-order valence-corrected chi connectivity index (χ2v) is 5.98. The Labute approximate surface area is 131 Å². The van der Waals surface area contributed by atoms with E-state index in [4.69, 9.17) is 9.15 Å². The molecule has 1 unspecified atom stereocenters. The number of aryl methyl sites for hydroxylation is 1. The van der Waals surface area contributed by atoms with Gasteiger partial charge in [0, 0.05) is 17.4 Å². The maximum absolute atomic E-state index is 5.51. The van der Waals surface area contributed by atoms with E-state index in [1.54, 1.807) is 13.4 Å². The third-order valence-corrected chi connectivity index (χ3v) is 4.38. The number of ether oxygens (including phenoxy) is 1. The Bertz CT molecular complexity index is 540. The van der Waals surface area contributed by atoms with Crippen molar-refractivity contribution in [2.75, 3.05) is 19.4 Å². The first kappa shape index (κ1) is 16.0. The molecule has 0 aliphatic rings. The van der Waals surface area contributed by atoms with Crippen molar-refractivity contribution < 1.29 is 9.15 Å². The maximum atomic E-state index is 5.51. The van der Waals surface area contributed by atoms with E-state index in [1.165, 1.54) is 11.1 Å². The zero-order chi connectivity index (χ0) is 15.1. The molecule has 0 spiro atoms. The van der Waals surface area contributed by atoms with E-state index in [-0.39, 0.29) is 6.04 Å². The summed E-state index contributed by atoms with van der Waals surface area (Å²) in [5.41, 5.74) is 2.48. The van der Waals surface area contributed by atoms with E-state index in [0.29, 0.717) is 0 Å². The van der Waals surface area contributed by atoms with E-state index in [9.17, 15) is 0 Å². The van der Waals surface area contributed by atoms with Gasteiger partial charge in [0.15, 0.2) is 0 Å². The number of furan rings is 1. The SMILES string of the molecule is CCNC(CSCc1ccco1)c1cc(C)ccc1OC. The monoisotopic (exact) mass is 305 g/mol. The molecule has 0 amide bonds. The van der Waals surface area contributed by atoms with Crippen molar-refractivity contribution in [1.29, 1.82) is 0 Å². The summed E-state index contributed by atoms with van der Waals surface area (Å²) < 4.78 is 10.9. The largest absolute Gasteiger partial charge is 0.496 e. The van der Waals surface area contributed by atoms with Crippen LogP contribution in [-0.2, 0) is 5.75 Å². The zero-order valence-electron chi connectivity index (χ0n) is 12.9.